The molecular weight excluding hydrogens is 316 g/mol. The lowest BCUT2D eigenvalue weighted by atomic mass is 10.3. The molecule has 94 valence electrons. The second-order valence-corrected chi connectivity index (χ2v) is 6.18. The van der Waals surface area contributed by atoms with Gasteiger partial charge in [0.25, 0.3) is 10.0 Å². The Balaban J connectivity index is 2.31. The molecule has 0 aliphatic heterocycles. The molecule has 0 spiro atoms. The molecule has 1 N–H and O–H groups in total. The highest BCUT2D eigenvalue weighted by Gasteiger charge is 2.13. The Labute approximate surface area is 114 Å². The third-order valence-corrected chi connectivity index (χ3v) is 4.55. The van der Waals surface area contributed by atoms with Crippen molar-refractivity contribution in [1.29, 1.82) is 0 Å². The van der Waals surface area contributed by atoms with Crippen molar-refractivity contribution in [2.24, 2.45) is 0 Å². The topological polar surface area (TPSA) is 59.1 Å². The minimum Gasteiger partial charge on any atom is -0.278 e. The van der Waals surface area contributed by atoms with Crippen LogP contribution in [0.5, 0.6) is 0 Å². The summed E-state index contributed by atoms with van der Waals surface area (Å²) < 4.78 is 27.3. The average Bonchev–Trinajstić information content (AvgIpc) is 2.35. The molecule has 1 aromatic carbocycles. The van der Waals surface area contributed by atoms with Gasteiger partial charge < -0.3 is 0 Å². The highest BCUT2D eigenvalue weighted by molar-refractivity contribution is 9.10. The first-order valence-corrected chi connectivity index (χ1v) is 7.47. The Kier molecular flexibility index (Phi) is 3.68. The summed E-state index contributed by atoms with van der Waals surface area (Å²) in [5, 5.41) is 0. The van der Waals surface area contributed by atoms with E-state index in [1.807, 2.05) is 6.92 Å². The van der Waals surface area contributed by atoms with Crippen LogP contribution in [0.15, 0.2) is 52.1 Å². The number of benzene rings is 1. The molecule has 0 saturated carbocycles. The lowest BCUT2D eigenvalue weighted by Crippen LogP contribution is -2.13. The third kappa shape index (κ3) is 2.88. The van der Waals surface area contributed by atoms with E-state index >= 15 is 0 Å². The highest BCUT2D eigenvalue weighted by atomic mass is 79.9. The van der Waals surface area contributed by atoms with E-state index in [9.17, 15) is 8.42 Å². The zero-order valence-corrected chi connectivity index (χ0v) is 12.0. The van der Waals surface area contributed by atoms with E-state index in [1.54, 1.807) is 36.4 Å². The minimum atomic E-state index is -3.55. The molecular formula is C12H11BrN2O2S. The van der Waals surface area contributed by atoms with Gasteiger partial charge in [-0.05, 0) is 46.6 Å². The van der Waals surface area contributed by atoms with Gasteiger partial charge in [-0.25, -0.2) is 13.4 Å². The van der Waals surface area contributed by atoms with E-state index in [2.05, 4.69) is 25.6 Å². The predicted molar refractivity (Wildman–Crippen MR) is 73.9 cm³/mol. The first-order chi connectivity index (χ1) is 8.49. The maximum Gasteiger partial charge on any atom is 0.261 e. The van der Waals surface area contributed by atoms with Crippen molar-refractivity contribution in [3.63, 3.8) is 0 Å². The Morgan fingerprint density at radius 3 is 2.50 bits per heavy atom. The van der Waals surface area contributed by atoms with Crippen LogP contribution in [0.2, 0.25) is 0 Å². The molecule has 0 aliphatic rings. The predicted octanol–water partition coefficient (Wildman–Crippen LogP) is 2.95. The smallest absolute Gasteiger partial charge is 0.261 e. The normalized spacial score (nSPS) is 11.2. The number of aryl methyl sites for hydroxylation is 1. The number of anilines is 1. The molecule has 0 fully saturated rings. The van der Waals surface area contributed by atoms with Crippen molar-refractivity contribution >= 4 is 31.6 Å². The fourth-order valence-electron chi connectivity index (χ4n) is 1.43. The number of pyridine rings is 1. The van der Waals surface area contributed by atoms with Crippen LogP contribution in [0, 0.1) is 6.92 Å². The van der Waals surface area contributed by atoms with Crippen LogP contribution in [0.1, 0.15) is 5.56 Å². The molecule has 0 aliphatic carbocycles. The molecule has 0 saturated heterocycles. The first-order valence-electron chi connectivity index (χ1n) is 5.19. The maximum atomic E-state index is 12.0. The van der Waals surface area contributed by atoms with Crippen molar-refractivity contribution in [2.75, 3.05) is 4.72 Å². The van der Waals surface area contributed by atoms with Gasteiger partial charge in [-0.3, -0.25) is 4.72 Å². The molecule has 0 amide bonds. The Bertz CT molecular complexity index is 657. The van der Waals surface area contributed by atoms with Crippen LogP contribution >= 0.6 is 15.9 Å². The van der Waals surface area contributed by atoms with Crippen LogP contribution < -0.4 is 4.72 Å². The molecule has 2 rings (SSSR count). The number of hydrogen-bond acceptors (Lipinski definition) is 3. The van der Waals surface area contributed by atoms with Gasteiger partial charge in [0.15, 0.2) is 0 Å². The lowest BCUT2D eigenvalue weighted by molar-refractivity contribution is 0.601. The van der Waals surface area contributed by atoms with Crippen LogP contribution in [0.4, 0.5) is 5.69 Å². The fraction of sp³-hybridized carbons (Fsp3) is 0.0833. The van der Waals surface area contributed by atoms with Crippen LogP contribution in [0.25, 0.3) is 0 Å². The maximum absolute atomic E-state index is 12.0. The standard InChI is InChI=1S/C12H11BrN2O2S/c1-9-7-10(8-14-12(9)13)15-18(16,17)11-5-3-2-4-6-11/h2-8,15H,1H3. The summed E-state index contributed by atoms with van der Waals surface area (Å²) in [4.78, 5) is 4.27. The number of rotatable bonds is 3. The summed E-state index contributed by atoms with van der Waals surface area (Å²) in [6.07, 6.45) is 1.47. The zero-order chi connectivity index (χ0) is 13.2. The van der Waals surface area contributed by atoms with Gasteiger partial charge >= 0.3 is 0 Å². The van der Waals surface area contributed by atoms with Crippen molar-refractivity contribution in [3.8, 4) is 0 Å². The Hall–Kier alpha value is -1.40. The molecule has 4 nitrogen and oxygen atoms in total. The van der Waals surface area contributed by atoms with E-state index in [1.165, 1.54) is 6.20 Å². The molecule has 0 atom stereocenters. The van der Waals surface area contributed by atoms with E-state index in [-0.39, 0.29) is 4.90 Å². The summed E-state index contributed by atoms with van der Waals surface area (Å²) in [6.45, 7) is 1.84. The second kappa shape index (κ2) is 5.07. The average molecular weight is 327 g/mol. The molecule has 0 bridgehead atoms. The quantitative estimate of drug-likeness (QED) is 0.882. The van der Waals surface area contributed by atoms with Gasteiger partial charge in [-0.15, -0.1) is 0 Å². The largest absolute Gasteiger partial charge is 0.278 e. The first kappa shape index (κ1) is 13.0. The van der Waals surface area contributed by atoms with E-state index in [0.717, 1.165) is 5.56 Å². The fourth-order valence-corrected chi connectivity index (χ4v) is 2.70. The molecule has 0 radical (unpaired) electrons. The van der Waals surface area contributed by atoms with Gasteiger partial charge in [0, 0.05) is 0 Å². The van der Waals surface area contributed by atoms with Gasteiger partial charge in [0.05, 0.1) is 16.8 Å². The second-order valence-electron chi connectivity index (χ2n) is 3.75. The molecule has 1 heterocycles. The third-order valence-electron chi connectivity index (χ3n) is 2.32. The number of aromatic nitrogens is 1. The van der Waals surface area contributed by atoms with Crippen molar-refractivity contribution in [3.05, 3.63) is 52.8 Å². The van der Waals surface area contributed by atoms with Gasteiger partial charge in [0.2, 0.25) is 0 Å². The summed E-state index contributed by atoms with van der Waals surface area (Å²) in [6, 6.07) is 9.93. The van der Waals surface area contributed by atoms with Gasteiger partial charge in [-0.2, -0.15) is 0 Å². The van der Waals surface area contributed by atoms with Crippen LogP contribution in [-0.2, 0) is 10.0 Å². The van der Waals surface area contributed by atoms with Gasteiger partial charge in [-0.1, -0.05) is 18.2 Å². The summed E-state index contributed by atoms with van der Waals surface area (Å²) in [5.74, 6) is 0. The lowest BCUT2D eigenvalue weighted by Gasteiger charge is -2.08. The molecule has 2 aromatic rings. The Morgan fingerprint density at radius 1 is 1.22 bits per heavy atom. The number of hydrogen-bond donors (Lipinski definition) is 1. The monoisotopic (exact) mass is 326 g/mol. The van der Waals surface area contributed by atoms with Gasteiger partial charge in [0.1, 0.15) is 4.60 Å². The SMILES string of the molecule is Cc1cc(NS(=O)(=O)c2ccccc2)cnc1Br. The summed E-state index contributed by atoms with van der Waals surface area (Å²) in [7, 11) is -3.55. The van der Waals surface area contributed by atoms with Crippen molar-refractivity contribution in [2.45, 2.75) is 11.8 Å². The Morgan fingerprint density at radius 2 is 1.89 bits per heavy atom. The summed E-state index contributed by atoms with van der Waals surface area (Å²) in [5.41, 5.74) is 1.31. The molecule has 1 aromatic heterocycles. The van der Waals surface area contributed by atoms with Crippen molar-refractivity contribution in [1.82, 2.24) is 4.98 Å². The summed E-state index contributed by atoms with van der Waals surface area (Å²) >= 11 is 3.27. The molecule has 18 heavy (non-hydrogen) atoms. The van der Waals surface area contributed by atoms with Crippen LogP contribution in [-0.4, -0.2) is 13.4 Å². The number of nitrogens with one attached hydrogen (secondary N) is 1. The van der Waals surface area contributed by atoms with E-state index in [4.69, 9.17) is 0 Å². The number of sulfonamides is 1. The molecule has 6 heteroatoms. The van der Waals surface area contributed by atoms with Crippen LogP contribution in [0.3, 0.4) is 0 Å². The zero-order valence-electron chi connectivity index (χ0n) is 9.59. The van der Waals surface area contributed by atoms with Crippen molar-refractivity contribution < 1.29 is 8.42 Å². The van der Waals surface area contributed by atoms with E-state index < -0.39 is 10.0 Å². The number of halogens is 1. The highest BCUT2D eigenvalue weighted by Crippen LogP contribution is 2.19. The number of nitrogens with zero attached hydrogens (tertiary/aromatic N) is 1. The molecule has 0 unspecified atom stereocenters. The minimum absolute atomic E-state index is 0.227. The van der Waals surface area contributed by atoms with E-state index in [0.29, 0.717) is 10.3 Å².